The predicted molar refractivity (Wildman–Crippen MR) is 41.6 cm³/mol. The Hall–Kier alpha value is -1.25. The van der Waals surface area contributed by atoms with Crippen LogP contribution in [0.3, 0.4) is 0 Å². The summed E-state index contributed by atoms with van der Waals surface area (Å²) in [6.07, 6.45) is 1.81. The molecule has 0 aliphatic rings. The van der Waals surface area contributed by atoms with Crippen LogP contribution in [0.4, 0.5) is 0 Å². The Morgan fingerprint density at radius 3 is 2.55 bits per heavy atom. The monoisotopic (exact) mass is 153 g/mol. The van der Waals surface area contributed by atoms with Crippen LogP contribution < -0.4 is 4.74 Å². The third-order valence-electron chi connectivity index (χ3n) is 1.45. The van der Waals surface area contributed by atoms with E-state index in [1.807, 2.05) is 20.0 Å². The fourth-order valence-corrected chi connectivity index (χ4v) is 0.944. The average Bonchev–Trinajstić information content (AvgIpc) is 2.18. The first-order valence-corrected chi connectivity index (χ1v) is 3.44. The molecule has 3 heteroatoms. The van der Waals surface area contributed by atoms with E-state index in [0.29, 0.717) is 5.75 Å². The fourth-order valence-electron chi connectivity index (χ4n) is 0.944. The maximum absolute atomic E-state index is 10.6. The lowest BCUT2D eigenvalue weighted by Gasteiger charge is -1.99. The minimum absolute atomic E-state index is 0.282. The molecule has 0 aliphatic carbocycles. The summed E-state index contributed by atoms with van der Waals surface area (Å²) in [5.41, 5.74) is 1.84. The van der Waals surface area contributed by atoms with Crippen LogP contribution in [-0.4, -0.2) is 11.0 Å². The predicted octanol–water partition coefficient (Wildman–Crippen LogP) is 1.56. The van der Waals surface area contributed by atoms with Crippen LogP contribution >= 0.6 is 0 Å². The lowest BCUT2D eigenvalue weighted by atomic mass is 10.3. The molecule has 1 N–H and O–H groups in total. The number of rotatable bonds is 1. The normalized spacial score (nSPS) is 9.73. The number of ether oxygens (including phenoxy) is 1. The number of aromatic nitrogens is 1. The number of hydrogen-bond donors (Lipinski definition) is 1. The Morgan fingerprint density at radius 2 is 2.18 bits per heavy atom. The summed E-state index contributed by atoms with van der Waals surface area (Å²) < 4.78 is 4.95. The number of carbonyl (C=O) groups is 1. The van der Waals surface area contributed by atoms with E-state index in [4.69, 9.17) is 4.74 Å². The van der Waals surface area contributed by atoms with Crippen molar-refractivity contribution in [3.63, 3.8) is 0 Å². The van der Waals surface area contributed by atoms with Crippen molar-refractivity contribution in [1.29, 1.82) is 0 Å². The van der Waals surface area contributed by atoms with Gasteiger partial charge in [0.05, 0.1) is 5.69 Å². The highest BCUT2D eigenvalue weighted by atomic mass is 16.5. The van der Waals surface area contributed by atoms with Gasteiger partial charge in [-0.2, -0.15) is 0 Å². The highest BCUT2D eigenvalue weighted by Gasteiger charge is 2.06. The lowest BCUT2D eigenvalue weighted by Crippen LogP contribution is -2.02. The van der Waals surface area contributed by atoms with Crippen molar-refractivity contribution in [2.45, 2.75) is 20.8 Å². The first kappa shape index (κ1) is 7.85. The first-order valence-electron chi connectivity index (χ1n) is 3.44. The van der Waals surface area contributed by atoms with Gasteiger partial charge in [0.25, 0.3) is 0 Å². The molecule has 0 spiro atoms. The summed E-state index contributed by atoms with van der Waals surface area (Å²) in [7, 11) is 0. The Kier molecular flexibility index (Phi) is 1.98. The number of H-pyrrole nitrogens is 1. The summed E-state index contributed by atoms with van der Waals surface area (Å²) in [5.74, 6) is 0.369. The molecule has 1 aromatic heterocycles. The van der Waals surface area contributed by atoms with Gasteiger partial charge in [0, 0.05) is 18.7 Å². The summed E-state index contributed by atoms with van der Waals surface area (Å²) in [5, 5.41) is 0. The van der Waals surface area contributed by atoms with Gasteiger partial charge in [-0.05, 0) is 13.8 Å². The second-order valence-corrected chi connectivity index (χ2v) is 2.52. The Labute approximate surface area is 65.4 Å². The molecule has 0 amide bonds. The van der Waals surface area contributed by atoms with Gasteiger partial charge >= 0.3 is 5.97 Å². The number of nitrogens with one attached hydrogen (secondary N) is 1. The first-order chi connectivity index (χ1) is 5.11. The largest absolute Gasteiger partial charge is 0.425 e. The van der Waals surface area contributed by atoms with Gasteiger partial charge in [0.2, 0.25) is 0 Å². The molecule has 60 valence electrons. The Morgan fingerprint density at radius 1 is 1.55 bits per heavy atom. The number of hydrogen-bond acceptors (Lipinski definition) is 2. The topological polar surface area (TPSA) is 42.1 Å². The van der Waals surface area contributed by atoms with E-state index in [9.17, 15) is 4.79 Å². The molecule has 11 heavy (non-hydrogen) atoms. The van der Waals surface area contributed by atoms with E-state index in [2.05, 4.69) is 4.98 Å². The van der Waals surface area contributed by atoms with Crippen molar-refractivity contribution in [3.8, 4) is 5.75 Å². The third kappa shape index (κ3) is 1.61. The van der Waals surface area contributed by atoms with Gasteiger partial charge in [-0.1, -0.05) is 0 Å². The van der Waals surface area contributed by atoms with Crippen LogP contribution in [0.15, 0.2) is 6.20 Å². The molecule has 3 nitrogen and oxygen atoms in total. The molecule has 0 aliphatic heterocycles. The van der Waals surface area contributed by atoms with Crippen molar-refractivity contribution in [3.05, 3.63) is 17.5 Å². The number of aryl methyl sites for hydroxylation is 2. The van der Waals surface area contributed by atoms with Crippen molar-refractivity contribution in [2.24, 2.45) is 0 Å². The molecule has 0 aromatic carbocycles. The molecule has 1 aromatic rings. The molecule has 0 saturated carbocycles. The highest BCUT2D eigenvalue weighted by Crippen LogP contribution is 2.21. The zero-order chi connectivity index (χ0) is 8.43. The van der Waals surface area contributed by atoms with E-state index < -0.39 is 0 Å². The van der Waals surface area contributed by atoms with Crippen LogP contribution in [0.25, 0.3) is 0 Å². The minimum atomic E-state index is -0.282. The maximum Gasteiger partial charge on any atom is 0.308 e. The molecular formula is C8H11NO2. The van der Waals surface area contributed by atoms with Gasteiger partial charge in [0.1, 0.15) is 0 Å². The highest BCUT2D eigenvalue weighted by molar-refractivity contribution is 5.70. The van der Waals surface area contributed by atoms with Crippen LogP contribution in [0, 0.1) is 13.8 Å². The number of esters is 1. The smallest absolute Gasteiger partial charge is 0.308 e. The summed E-state index contributed by atoms with van der Waals surface area (Å²) in [6, 6.07) is 0. The van der Waals surface area contributed by atoms with Gasteiger partial charge in [-0.15, -0.1) is 0 Å². The van der Waals surface area contributed by atoms with Crippen LogP contribution in [0.5, 0.6) is 5.75 Å². The third-order valence-corrected chi connectivity index (χ3v) is 1.45. The number of aromatic amines is 1. The number of carbonyl (C=O) groups excluding carboxylic acids is 1. The molecule has 0 bridgehead atoms. The van der Waals surface area contributed by atoms with Gasteiger partial charge in [0.15, 0.2) is 5.75 Å². The molecule has 0 unspecified atom stereocenters. The zero-order valence-corrected chi connectivity index (χ0v) is 6.89. The maximum atomic E-state index is 10.6. The second-order valence-electron chi connectivity index (χ2n) is 2.52. The van der Waals surface area contributed by atoms with Crippen LogP contribution in [0.2, 0.25) is 0 Å². The van der Waals surface area contributed by atoms with Crippen LogP contribution in [0.1, 0.15) is 18.2 Å². The molecular weight excluding hydrogens is 142 g/mol. The molecule has 1 heterocycles. The SMILES string of the molecule is CC(=O)Oc1c(C)c[nH]c1C. The van der Waals surface area contributed by atoms with E-state index in [1.165, 1.54) is 6.92 Å². The fraction of sp³-hybridized carbons (Fsp3) is 0.375. The van der Waals surface area contributed by atoms with Gasteiger partial charge in [-0.3, -0.25) is 4.79 Å². The van der Waals surface area contributed by atoms with E-state index in [0.717, 1.165) is 11.3 Å². The minimum Gasteiger partial charge on any atom is -0.425 e. The average molecular weight is 153 g/mol. The van der Waals surface area contributed by atoms with E-state index in [1.54, 1.807) is 0 Å². The Bertz CT molecular complexity index is 256. The molecule has 0 fully saturated rings. The van der Waals surface area contributed by atoms with Crippen molar-refractivity contribution in [1.82, 2.24) is 4.98 Å². The van der Waals surface area contributed by atoms with Crippen LogP contribution in [-0.2, 0) is 4.79 Å². The molecule has 0 radical (unpaired) electrons. The second kappa shape index (κ2) is 2.78. The zero-order valence-electron chi connectivity index (χ0n) is 6.89. The van der Waals surface area contributed by atoms with Crippen molar-refractivity contribution >= 4 is 5.97 Å². The molecule has 0 atom stereocenters. The van der Waals surface area contributed by atoms with Crippen molar-refractivity contribution < 1.29 is 9.53 Å². The molecule has 0 saturated heterocycles. The van der Waals surface area contributed by atoms with E-state index in [-0.39, 0.29) is 5.97 Å². The van der Waals surface area contributed by atoms with Gasteiger partial charge < -0.3 is 9.72 Å². The Balaban J connectivity index is 2.92. The summed E-state index contributed by atoms with van der Waals surface area (Å²) in [4.78, 5) is 13.5. The van der Waals surface area contributed by atoms with Gasteiger partial charge in [-0.25, -0.2) is 0 Å². The van der Waals surface area contributed by atoms with Crippen molar-refractivity contribution in [2.75, 3.05) is 0 Å². The lowest BCUT2D eigenvalue weighted by molar-refractivity contribution is -0.131. The van der Waals surface area contributed by atoms with E-state index >= 15 is 0 Å². The summed E-state index contributed by atoms with van der Waals surface area (Å²) >= 11 is 0. The standard InChI is InChI=1S/C8H11NO2/c1-5-4-9-6(2)8(5)11-7(3)10/h4,9H,1-3H3. The molecule has 1 rings (SSSR count). The summed E-state index contributed by atoms with van der Waals surface area (Å²) in [6.45, 7) is 5.15. The quantitative estimate of drug-likeness (QED) is 0.622.